The molecule has 0 aliphatic carbocycles. The SMILES string of the molecule is CC1C(=O)NC(=O)N1Br. The van der Waals surface area contributed by atoms with Crippen LogP contribution in [-0.4, -0.2) is 21.9 Å². The van der Waals surface area contributed by atoms with Crippen LogP contribution < -0.4 is 5.32 Å². The lowest BCUT2D eigenvalue weighted by Gasteiger charge is -2.05. The zero-order chi connectivity index (χ0) is 7.02. The van der Waals surface area contributed by atoms with Crippen molar-refractivity contribution in [2.24, 2.45) is 0 Å². The number of hydrogen-bond donors (Lipinski definition) is 1. The molecule has 0 saturated carbocycles. The predicted octanol–water partition coefficient (Wildman–Crippen LogP) is 0.237. The number of amides is 3. The Morgan fingerprint density at radius 2 is 2.22 bits per heavy atom. The van der Waals surface area contributed by atoms with Crippen LogP contribution in [0.15, 0.2) is 0 Å². The molecule has 9 heavy (non-hydrogen) atoms. The fraction of sp³-hybridized carbons (Fsp3) is 0.500. The highest BCUT2D eigenvalue weighted by Crippen LogP contribution is 2.11. The summed E-state index contributed by atoms with van der Waals surface area (Å²) in [4.78, 5) is 21.1. The summed E-state index contributed by atoms with van der Waals surface area (Å²) in [7, 11) is 0. The highest BCUT2D eigenvalue weighted by atomic mass is 79.9. The maximum atomic E-state index is 10.6. The molecule has 0 spiro atoms. The van der Waals surface area contributed by atoms with Crippen LogP contribution in [0.3, 0.4) is 0 Å². The zero-order valence-electron chi connectivity index (χ0n) is 4.72. The van der Waals surface area contributed by atoms with E-state index in [4.69, 9.17) is 0 Å². The molecule has 4 nitrogen and oxygen atoms in total. The largest absolute Gasteiger partial charge is 0.334 e. The van der Waals surface area contributed by atoms with E-state index in [1.54, 1.807) is 6.92 Å². The maximum absolute atomic E-state index is 10.6. The number of rotatable bonds is 0. The Kier molecular flexibility index (Phi) is 1.44. The molecule has 1 saturated heterocycles. The van der Waals surface area contributed by atoms with Crippen molar-refractivity contribution in [2.75, 3.05) is 0 Å². The van der Waals surface area contributed by atoms with E-state index in [2.05, 4.69) is 21.5 Å². The van der Waals surface area contributed by atoms with Gasteiger partial charge in [-0.2, -0.15) is 0 Å². The Labute approximate surface area is 60.5 Å². The molecule has 1 unspecified atom stereocenters. The molecule has 0 aromatic rings. The lowest BCUT2D eigenvalue weighted by Crippen LogP contribution is -2.22. The van der Waals surface area contributed by atoms with E-state index in [9.17, 15) is 9.59 Å². The first-order valence-corrected chi connectivity index (χ1v) is 3.13. The smallest absolute Gasteiger partial charge is 0.275 e. The lowest BCUT2D eigenvalue weighted by molar-refractivity contribution is -0.120. The van der Waals surface area contributed by atoms with Gasteiger partial charge in [0.15, 0.2) is 0 Å². The van der Waals surface area contributed by atoms with Crippen molar-refractivity contribution in [2.45, 2.75) is 13.0 Å². The van der Waals surface area contributed by atoms with Crippen LogP contribution in [0, 0.1) is 0 Å². The monoisotopic (exact) mass is 192 g/mol. The molecule has 1 N–H and O–H groups in total. The summed E-state index contributed by atoms with van der Waals surface area (Å²) in [6.45, 7) is 1.63. The molecule has 1 rings (SSSR count). The van der Waals surface area contributed by atoms with Gasteiger partial charge in [0.1, 0.15) is 6.04 Å². The van der Waals surface area contributed by atoms with Crippen molar-refractivity contribution in [3.05, 3.63) is 0 Å². The second-order valence-corrected chi connectivity index (χ2v) is 2.55. The average molecular weight is 193 g/mol. The topological polar surface area (TPSA) is 49.4 Å². The summed E-state index contributed by atoms with van der Waals surface area (Å²) in [6, 6.07) is -0.787. The average Bonchev–Trinajstić information content (AvgIpc) is 1.98. The second-order valence-electron chi connectivity index (χ2n) is 1.78. The van der Waals surface area contributed by atoms with Crippen molar-refractivity contribution >= 4 is 28.1 Å². The van der Waals surface area contributed by atoms with Crippen LogP contribution in [0.25, 0.3) is 0 Å². The molecule has 1 aliphatic rings. The first kappa shape index (κ1) is 6.54. The molecule has 0 aromatic heterocycles. The molecule has 1 heterocycles. The van der Waals surface area contributed by atoms with Gasteiger partial charge in [-0.05, 0) is 6.92 Å². The van der Waals surface area contributed by atoms with Crippen molar-refractivity contribution < 1.29 is 9.59 Å². The van der Waals surface area contributed by atoms with Gasteiger partial charge in [-0.3, -0.25) is 10.1 Å². The number of imide groups is 1. The number of carbonyl (C=O) groups excluding carboxylic acids is 2. The van der Waals surface area contributed by atoms with E-state index in [1.807, 2.05) is 0 Å². The normalized spacial score (nSPS) is 26.9. The van der Waals surface area contributed by atoms with Gasteiger partial charge >= 0.3 is 6.03 Å². The lowest BCUT2D eigenvalue weighted by atomic mass is 10.4. The van der Waals surface area contributed by atoms with Crippen molar-refractivity contribution in [3.63, 3.8) is 0 Å². The fourth-order valence-corrected chi connectivity index (χ4v) is 0.817. The summed E-state index contributed by atoms with van der Waals surface area (Å²) < 4.78 is 1.18. The van der Waals surface area contributed by atoms with Gasteiger partial charge in [0.25, 0.3) is 5.91 Å². The summed E-state index contributed by atoms with van der Waals surface area (Å²) in [5.41, 5.74) is 0. The van der Waals surface area contributed by atoms with E-state index < -0.39 is 12.1 Å². The fourth-order valence-electron chi connectivity index (χ4n) is 0.542. The Hall–Kier alpha value is -0.580. The Morgan fingerprint density at radius 1 is 1.67 bits per heavy atom. The third kappa shape index (κ3) is 0.917. The first-order chi connectivity index (χ1) is 4.13. The molecule has 0 radical (unpaired) electrons. The predicted molar refractivity (Wildman–Crippen MR) is 33.8 cm³/mol. The molecule has 5 heteroatoms. The molecular formula is C4H5BrN2O2. The van der Waals surface area contributed by atoms with Crippen molar-refractivity contribution in [3.8, 4) is 0 Å². The Bertz CT molecular complexity index is 152. The third-order valence-electron chi connectivity index (χ3n) is 1.14. The van der Waals surface area contributed by atoms with Gasteiger partial charge in [0.05, 0.1) is 16.1 Å². The van der Waals surface area contributed by atoms with Gasteiger partial charge in [-0.25, -0.2) is 8.72 Å². The van der Waals surface area contributed by atoms with E-state index >= 15 is 0 Å². The Morgan fingerprint density at radius 3 is 2.33 bits per heavy atom. The van der Waals surface area contributed by atoms with Crippen molar-refractivity contribution in [1.29, 1.82) is 0 Å². The van der Waals surface area contributed by atoms with E-state index in [0.717, 1.165) is 0 Å². The summed E-state index contributed by atoms with van der Waals surface area (Å²) in [6.07, 6.45) is 0. The summed E-state index contributed by atoms with van der Waals surface area (Å²) >= 11 is 2.91. The number of urea groups is 1. The van der Waals surface area contributed by atoms with Gasteiger partial charge in [-0.15, -0.1) is 0 Å². The minimum absolute atomic E-state index is 0.267. The van der Waals surface area contributed by atoms with Gasteiger partial charge in [0, 0.05) is 0 Å². The number of nitrogens with zero attached hydrogens (tertiary/aromatic N) is 1. The van der Waals surface area contributed by atoms with Crippen LogP contribution in [0.5, 0.6) is 0 Å². The van der Waals surface area contributed by atoms with E-state index in [0.29, 0.717) is 0 Å². The van der Waals surface area contributed by atoms with Crippen LogP contribution in [0.1, 0.15) is 6.92 Å². The molecular weight excluding hydrogens is 188 g/mol. The van der Waals surface area contributed by atoms with E-state index in [-0.39, 0.29) is 5.91 Å². The minimum atomic E-state index is -0.396. The van der Waals surface area contributed by atoms with Crippen LogP contribution >= 0.6 is 16.1 Å². The minimum Gasteiger partial charge on any atom is -0.275 e. The van der Waals surface area contributed by atoms with Gasteiger partial charge in [0.2, 0.25) is 0 Å². The molecule has 0 bridgehead atoms. The summed E-state index contributed by atoms with van der Waals surface area (Å²) in [5.74, 6) is -0.267. The molecule has 50 valence electrons. The van der Waals surface area contributed by atoms with Gasteiger partial charge < -0.3 is 0 Å². The van der Waals surface area contributed by atoms with Gasteiger partial charge in [-0.1, -0.05) is 0 Å². The third-order valence-corrected chi connectivity index (χ3v) is 2.08. The Balaban J connectivity index is 2.77. The second kappa shape index (κ2) is 1.98. The highest BCUT2D eigenvalue weighted by molar-refractivity contribution is 9.07. The molecule has 0 aromatic carbocycles. The number of halogens is 1. The number of carbonyl (C=O) groups is 2. The zero-order valence-corrected chi connectivity index (χ0v) is 6.31. The number of hydrogen-bond acceptors (Lipinski definition) is 2. The summed E-state index contributed by atoms with van der Waals surface area (Å²) in [5, 5.41) is 2.12. The standard InChI is InChI=1S/C4H5BrN2O2/c1-2-3(8)6-4(9)7(2)5/h2H,1H3,(H,6,8,9). The highest BCUT2D eigenvalue weighted by Gasteiger charge is 2.32. The van der Waals surface area contributed by atoms with Crippen LogP contribution in [-0.2, 0) is 4.79 Å². The quantitative estimate of drug-likeness (QED) is 0.442. The molecule has 1 fully saturated rings. The molecule has 1 atom stereocenters. The van der Waals surface area contributed by atoms with Crippen molar-refractivity contribution in [1.82, 2.24) is 9.24 Å². The molecule has 1 aliphatic heterocycles. The molecule has 3 amide bonds. The van der Waals surface area contributed by atoms with E-state index in [1.165, 1.54) is 3.93 Å². The van der Waals surface area contributed by atoms with Crippen LogP contribution in [0.4, 0.5) is 4.79 Å². The first-order valence-electron chi connectivity index (χ1n) is 2.43. The number of nitrogens with one attached hydrogen (secondary N) is 1. The maximum Gasteiger partial charge on any atom is 0.334 e. The van der Waals surface area contributed by atoms with Crippen LogP contribution in [0.2, 0.25) is 0 Å².